The lowest BCUT2D eigenvalue weighted by Crippen LogP contribution is -2.28. The normalized spacial score (nSPS) is 11.1. The number of aromatic amines is 2. The van der Waals surface area contributed by atoms with Gasteiger partial charge in [0.15, 0.2) is 0 Å². The fourth-order valence-corrected chi connectivity index (χ4v) is 3.55. The predicted octanol–water partition coefficient (Wildman–Crippen LogP) is 4.58. The number of amides is 1. The summed E-state index contributed by atoms with van der Waals surface area (Å²) in [6, 6.07) is 14.0. The van der Waals surface area contributed by atoms with Crippen molar-refractivity contribution in [2.24, 2.45) is 0 Å². The fraction of sp³-hybridized carbons (Fsp3) is 0.261. The third kappa shape index (κ3) is 4.40. The van der Waals surface area contributed by atoms with Crippen molar-refractivity contribution in [3.63, 3.8) is 0 Å². The van der Waals surface area contributed by atoms with E-state index >= 15 is 0 Å². The van der Waals surface area contributed by atoms with Gasteiger partial charge >= 0.3 is 0 Å². The van der Waals surface area contributed by atoms with Gasteiger partial charge in [-0.05, 0) is 55.7 Å². The second-order valence-corrected chi connectivity index (χ2v) is 7.46. The quantitative estimate of drug-likeness (QED) is 0.421. The number of carbonyl (C=O) groups excluding carboxylic acids is 1. The van der Waals surface area contributed by atoms with Gasteiger partial charge in [-0.25, -0.2) is 4.39 Å². The van der Waals surface area contributed by atoms with Gasteiger partial charge in [-0.2, -0.15) is 10.2 Å². The van der Waals surface area contributed by atoms with E-state index in [1.165, 1.54) is 12.1 Å². The number of rotatable bonds is 8. The van der Waals surface area contributed by atoms with Crippen LogP contribution in [0.1, 0.15) is 35.3 Å². The minimum atomic E-state index is -0.251. The minimum absolute atomic E-state index is 0.00218. The van der Waals surface area contributed by atoms with Crippen LogP contribution in [0.4, 0.5) is 4.39 Å². The van der Waals surface area contributed by atoms with Crippen molar-refractivity contribution in [3.8, 4) is 11.3 Å². The maximum atomic E-state index is 13.0. The zero-order chi connectivity index (χ0) is 20.9. The molecule has 30 heavy (non-hydrogen) atoms. The molecule has 2 heterocycles. The first kappa shape index (κ1) is 19.8. The van der Waals surface area contributed by atoms with E-state index in [1.807, 2.05) is 31.3 Å². The molecule has 0 saturated carbocycles. The summed E-state index contributed by atoms with van der Waals surface area (Å²) in [6.07, 6.45) is 5.56. The van der Waals surface area contributed by atoms with Gasteiger partial charge < -0.3 is 4.90 Å². The molecule has 4 rings (SSSR count). The van der Waals surface area contributed by atoms with E-state index in [0.717, 1.165) is 53.5 Å². The molecule has 4 aromatic rings. The highest BCUT2D eigenvalue weighted by molar-refractivity contribution is 6.05. The Morgan fingerprint density at radius 2 is 1.90 bits per heavy atom. The first-order chi connectivity index (χ1) is 14.6. The first-order valence-electron chi connectivity index (χ1n) is 10.1. The lowest BCUT2D eigenvalue weighted by atomic mass is 10.1. The number of hydrogen-bond acceptors (Lipinski definition) is 3. The molecule has 0 aliphatic carbocycles. The molecule has 2 N–H and O–H groups in total. The number of halogens is 1. The van der Waals surface area contributed by atoms with E-state index in [2.05, 4.69) is 20.4 Å². The molecule has 0 radical (unpaired) electrons. The molecule has 0 fully saturated rings. The lowest BCUT2D eigenvalue weighted by molar-refractivity contribution is 0.0794. The van der Waals surface area contributed by atoms with Crippen LogP contribution in [-0.4, -0.2) is 44.8 Å². The number of nitrogens with zero attached hydrogens (tertiary/aromatic N) is 3. The summed E-state index contributed by atoms with van der Waals surface area (Å²) < 4.78 is 13.0. The maximum absolute atomic E-state index is 13.0. The van der Waals surface area contributed by atoms with Gasteiger partial charge in [-0.1, -0.05) is 18.6 Å². The number of benzene rings is 2. The lowest BCUT2D eigenvalue weighted by Gasteiger charge is -2.17. The number of aromatic nitrogens is 4. The molecule has 0 aliphatic rings. The average Bonchev–Trinajstić information content (AvgIpc) is 3.42. The van der Waals surface area contributed by atoms with Crippen LogP contribution in [0.2, 0.25) is 0 Å². The zero-order valence-electron chi connectivity index (χ0n) is 16.9. The van der Waals surface area contributed by atoms with E-state index in [1.54, 1.807) is 23.2 Å². The number of para-hydroxylation sites is 1. The number of H-pyrrole nitrogens is 2. The molecule has 0 bridgehead atoms. The first-order valence-corrected chi connectivity index (χ1v) is 10.1. The van der Waals surface area contributed by atoms with Gasteiger partial charge in [0.25, 0.3) is 5.91 Å². The molecule has 1 amide bonds. The van der Waals surface area contributed by atoms with Crippen LogP contribution >= 0.6 is 0 Å². The van der Waals surface area contributed by atoms with Crippen molar-refractivity contribution in [1.82, 2.24) is 25.3 Å². The number of fused-ring (bicyclic) bond motifs is 1. The second-order valence-electron chi connectivity index (χ2n) is 7.46. The smallest absolute Gasteiger partial charge is 0.255 e. The van der Waals surface area contributed by atoms with E-state index in [0.29, 0.717) is 12.1 Å². The molecular weight excluding hydrogens is 381 g/mol. The highest BCUT2D eigenvalue weighted by atomic mass is 19.1. The fourth-order valence-electron chi connectivity index (χ4n) is 3.55. The SMILES string of the molecule is CN(CCCCCc1cc(-c2ccc(F)cc2)n[nH]1)C(=O)c1cccc2cn[nH]c12. The van der Waals surface area contributed by atoms with Crippen LogP contribution in [0.15, 0.2) is 54.7 Å². The summed E-state index contributed by atoms with van der Waals surface area (Å²) in [5.41, 5.74) is 4.21. The second kappa shape index (κ2) is 8.90. The minimum Gasteiger partial charge on any atom is -0.342 e. The highest BCUT2D eigenvalue weighted by Crippen LogP contribution is 2.19. The third-order valence-electron chi connectivity index (χ3n) is 5.26. The maximum Gasteiger partial charge on any atom is 0.255 e. The third-order valence-corrected chi connectivity index (χ3v) is 5.26. The standard InChI is InChI=1S/C23H24FN5O/c1-29(23(30)20-8-5-6-17-15-25-28-22(17)20)13-4-2-3-7-19-14-21(27-26-19)16-9-11-18(24)12-10-16/h5-6,8-12,14-15H,2-4,7,13H2,1H3,(H,25,28)(H,26,27). The number of nitrogens with one attached hydrogen (secondary N) is 2. The van der Waals surface area contributed by atoms with Crippen LogP contribution < -0.4 is 0 Å². The van der Waals surface area contributed by atoms with Gasteiger partial charge in [-0.3, -0.25) is 15.0 Å². The monoisotopic (exact) mass is 405 g/mol. The summed E-state index contributed by atoms with van der Waals surface area (Å²) in [5, 5.41) is 15.2. The number of unbranched alkanes of at least 4 members (excludes halogenated alkanes) is 2. The van der Waals surface area contributed by atoms with Crippen LogP contribution in [0.5, 0.6) is 0 Å². The molecular formula is C23H24FN5O. The molecule has 2 aromatic carbocycles. The summed E-state index contributed by atoms with van der Waals surface area (Å²) >= 11 is 0. The van der Waals surface area contributed by atoms with Crippen molar-refractivity contribution in [2.75, 3.05) is 13.6 Å². The molecule has 0 spiro atoms. The molecule has 154 valence electrons. The van der Waals surface area contributed by atoms with Gasteiger partial charge in [0.1, 0.15) is 5.82 Å². The van der Waals surface area contributed by atoms with Crippen molar-refractivity contribution in [3.05, 3.63) is 71.8 Å². The van der Waals surface area contributed by atoms with Crippen LogP contribution in [0, 0.1) is 5.82 Å². The molecule has 0 aliphatic heterocycles. The summed E-state index contributed by atoms with van der Waals surface area (Å²) in [5.74, 6) is -0.249. The Balaban J connectivity index is 1.23. The van der Waals surface area contributed by atoms with Gasteiger partial charge in [0.2, 0.25) is 0 Å². The largest absolute Gasteiger partial charge is 0.342 e. The molecule has 6 nitrogen and oxygen atoms in total. The highest BCUT2D eigenvalue weighted by Gasteiger charge is 2.15. The number of hydrogen-bond donors (Lipinski definition) is 2. The van der Waals surface area contributed by atoms with Crippen molar-refractivity contribution in [2.45, 2.75) is 25.7 Å². The van der Waals surface area contributed by atoms with Crippen molar-refractivity contribution in [1.29, 1.82) is 0 Å². The van der Waals surface area contributed by atoms with Crippen LogP contribution in [0.3, 0.4) is 0 Å². The number of carbonyl (C=O) groups is 1. The Bertz CT molecular complexity index is 1130. The summed E-state index contributed by atoms with van der Waals surface area (Å²) in [4.78, 5) is 14.5. The Labute approximate surface area is 174 Å². The van der Waals surface area contributed by atoms with Crippen molar-refractivity contribution >= 4 is 16.8 Å². The Kier molecular flexibility index (Phi) is 5.88. The van der Waals surface area contributed by atoms with Gasteiger partial charge in [0, 0.05) is 30.2 Å². The Hall–Kier alpha value is -3.48. The van der Waals surface area contributed by atoms with Crippen LogP contribution in [-0.2, 0) is 6.42 Å². The average molecular weight is 405 g/mol. The molecule has 2 aromatic heterocycles. The molecule has 0 saturated heterocycles. The van der Waals surface area contributed by atoms with Crippen molar-refractivity contribution < 1.29 is 9.18 Å². The zero-order valence-corrected chi connectivity index (χ0v) is 16.9. The van der Waals surface area contributed by atoms with E-state index < -0.39 is 0 Å². The summed E-state index contributed by atoms with van der Waals surface area (Å²) in [6.45, 7) is 0.702. The molecule has 0 atom stereocenters. The molecule has 7 heteroatoms. The summed E-state index contributed by atoms with van der Waals surface area (Å²) in [7, 11) is 1.83. The number of aryl methyl sites for hydroxylation is 1. The Morgan fingerprint density at radius 3 is 2.73 bits per heavy atom. The van der Waals surface area contributed by atoms with E-state index in [4.69, 9.17) is 0 Å². The predicted molar refractivity (Wildman–Crippen MR) is 115 cm³/mol. The van der Waals surface area contributed by atoms with E-state index in [-0.39, 0.29) is 11.7 Å². The van der Waals surface area contributed by atoms with Gasteiger partial charge in [-0.15, -0.1) is 0 Å². The van der Waals surface area contributed by atoms with Crippen LogP contribution in [0.25, 0.3) is 22.2 Å². The van der Waals surface area contributed by atoms with Gasteiger partial charge in [0.05, 0.1) is 23.0 Å². The topological polar surface area (TPSA) is 77.7 Å². The Morgan fingerprint density at radius 1 is 1.07 bits per heavy atom. The molecule has 0 unspecified atom stereocenters. The van der Waals surface area contributed by atoms with E-state index in [9.17, 15) is 9.18 Å².